The van der Waals surface area contributed by atoms with E-state index in [0.29, 0.717) is 6.42 Å². The summed E-state index contributed by atoms with van der Waals surface area (Å²) in [6.45, 7) is 1.93. The van der Waals surface area contributed by atoms with Crippen molar-refractivity contribution in [1.29, 1.82) is 0 Å². The summed E-state index contributed by atoms with van der Waals surface area (Å²) in [5.74, 6) is 1.56. The van der Waals surface area contributed by atoms with Crippen molar-refractivity contribution in [2.24, 2.45) is 5.73 Å². The van der Waals surface area contributed by atoms with Crippen LogP contribution < -0.4 is 5.73 Å². The zero-order valence-corrected chi connectivity index (χ0v) is 10.3. The number of rotatable bonds is 8. The number of carbonyl (C=O) groups is 1. The monoisotopic (exact) mass is 235 g/mol. The Balaban J connectivity index is 3.53. The Labute approximate surface area is 95.6 Å². The number of ether oxygens (including phenoxy) is 1. The molecule has 4 nitrogen and oxygen atoms in total. The van der Waals surface area contributed by atoms with Gasteiger partial charge in [0, 0.05) is 6.61 Å². The fourth-order valence-corrected chi connectivity index (χ4v) is 2.03. The maximum absolute atomic E-state index is 11.2. The topological polar surface area (TPSA) is 72.5 Å². The summed E-state index contributed by atoms with van der Waals surface area (Å²) >= 11 is 1.77. The molecule has 5 heteroatoms. The van der Waals surface area contributed by atoms with Crippen molar-refractivity contribution in [2.75, 3.05) is 25.2 Å². The fraction of sp³-hybridized carbons (Fsp3) is 0.900. The molecular formula is C10H21NO3S. The molecule has 0 aromatic heterocycles. The van der Waals surface area contributed by atoms with Crippen molar-refractivity contribution >= 4 is 17.7 Å². The van der Waals surface area contributed by atoms with Crippen molar-refractivity contribution in [2.45, 2.75) is 31.7 Å². The Kier molecular flexibility index (Phi) is 7.82. The van der Waals surface area contributed by atoms with E-state index in [1.165, 1.54) is 7.11 Å². The van der Waals surface area contributed by atoms with E-state index in [1.807, 2.05) is 0 Å². The van der Waals surface area contributed by atoms with Crippen LogP contribution in [0.5, 0.6) is 0 Å². The number of hydrogen-bond donors (Lipinski definition) is 2. The van der Waals surface area contributed by atoms with E-state index in [0.717, 1.165) is 24.3 Å². The number of esters is 1. The maximum atomic E-state index is 11.2. The van der Waals surface area contributed by atoms with Gasteiger partial charge in [0.1, 0.15) is 5.54 Å². The first-order valence-corrected chi connectivity index (χ1v) is 6.26. The van der Waals surface area contributed by atoms with Gasteiger partial charge in [-0.05, 0) is 37.7 Å². The van der Waals surface area contributed by atoms with Crippen LogP contribution in [-0.2, 0) is 9.53 Å². The number of carbonyl (C=O) groups excluding carboxylic acids is 1. The van der Waals surface area contributed by atoms with Crippen LogP contribution in [0.2, 0.25) is 0 Å². The molecule has 0 radical (unpaired) electrons. The number of nitrogens with two attached hydrogens (primary N) is 1. The van der Waals surface area contributed by atoms with Gasteiger partial charge in [0.2, 0.25) is 0 Å². The van der Waals surface area contributed by atoms with Crippen LogP contribution in [0.25, 0.3) is 0 Å². The molecule has 90 valence electrons. The van der Waals surface area contributed by atoms with Gasteiger partial charge >= 0.3 is 5.97 Å². The molecule has 1 atom stereocenters. The molecule has 0 aliphatic heterocycles. The van der Waals surface area contributed by atoms with Gasteiger partial charge in [-0.2, -0.15) is 11.8 Å². The van der Waals surface area contributed by atoms with Gasteiger partial charge in [0.05, 0.1) is 7.11 Å². The lowest BCUT2D eigenvalue weighted by Gasteiger charge is -2.20. The molecule has 0 saturated carbocycles. The third-order valence-electron chi connectivity index (χ3n) is 2.08. The number of hydrogen-bond acceptors (Lipinski definition) is 5. The van der Waals surface area contributed by atoms with Crippen molar-refractivity contribution < 1.29 is 14.6 Å². The predicted octanol–water partition coefficient (Wildman–Crippen LogP) is 0.773. The van der Waals surface area contributed by atoms with Crippen molar-refractivity contribution in [3.05, 3.63) is 0 Å². The van der Waals surface area contributed by atoms with Crippen LogP contribution in [0.3, 0.4) is 0 Å². The lowest BCUT2D eigenvalue weighted by molar-refractivity contribution is -0.146. The third kappa shape index (κ3) is 6.76. The second-order valence-electron chi connectivity index (χ2n) is 3.70. The average molecular weight is 235 g/mol. The van der Waals surface area contributed by atoms with E-state index >= 15 is 0 Å². The lowest BCUT2D eigenvalue weighted by atomic mass is 9.98. The Morgan fingerprint density at radius 3 is 2.60 bits per heavy atom. The van der Waals surface area contributed by atoms with E-state index in [2.05, 4.69) is 4.74 Å². The fourth-order valence-electron chi connectivity index (χ4n) is 1.15. The van der Waals surface area contributed by atoms with Crippen LogP contribution >= 0.6 is 11.8 Å². The Hall–Kier alpha value is -0.260. The van der Waals surface area contributed by atoms with Crippen molar-refractivity contribution in [3.63, 3.8) is 0 Å². The van der Waals surface area contributed by atoms with E-state index in [9.17, 15) is 4.79 Å². The minimum Gasteiger partial charge on any atom is -0.468 e. The summed E-state index contributed by atoms with van der Waals surface area (Å²) in [6.07, 6.45) is 2.34. The van der Waals surface area contributed by atoms with Crippen molar-refractivity contribution in [3.8, 4) is 0 Å². The second-order valence-corrected chi connectivity index (χ2v) is 4.93. The van der Waals surface area contributed by atoms with Gasteiger partial charge in [-0.25, -0.2) is 0 Å². The largest absolute Gasteiger partial charge is 0.468 e. The second kappa shape index (κ2) is 7.96. The normalized spacial score (nSPS) is 14.7. The van der Waals surface area contributed by atoms with Crippen molar-refractivity contribution in [1.82, 2.24) is 0 Å². The number of aliphatic hydroxyl groups excluding tert-OH is 1. The Morgan fingerprint density at radius 2 is 2.07 bits per heavy atom. The molecule has 1 unspecified atom stereocenters. The van der Waals surface area contributed by atoms with Crippen LogP contribution in [0.15, 0.2) is 0 Å². The first-order valence-electron chi connectivity index (χ1n) is 5.10. The quantitative estimate of drug-likeness (QED) is 0.480. The Bertz CT molecular complexity index is 186. The van der Waals surface area contributed by atoms with Crippen LogP contribution in [0.4, 0.5) is 0 Å². The van der Waals surface area contributed by atoms with Gasteiger partial charge in [0.25, 0.3) is 0 Å². The molecule has 0 aromatic rings. The van der Waals surface area contributed by atoms with E-state index in [-0.39, 0.29) is 12.6 Å². The predicted molar refractivity (Wildman–Crippen MR) is 62.9 cm³/mol. The van der Waals surface area contributed by atoms with Gasteiger partial charge in [-0.15, -0.1) is 0 Å². The lowest BCUT2D eigenvalue weighted by Crippen LogP contribution is -2.45. The number of aliphatic hydroxyl groups is 1. The molecule has 0 spiro atoms. The van der Waals surface area contributed by atoms with Gasteiger partial charge in [-0.3, -0.25) is 4.79 Å². The van der Waals surface area contributed by atoms with Gasteiger partial charge in [-0.1, -0.05) is 0 Å². The third-order valence-corrected chi connectivity index (χ3v) is 3.24. The molecule has 0 aliphatic carbocycles. The zero-order valence-electron chi connectivity index (χ0n) is 9.49. The maximum Gasteiger partial charge on any atom is 0.325 e. The molecule has 0 fully saturated rings. The highest BCUT2D eigenvalue weighted by molar-refractivity contribution is 7.99. The highest BCUT2D eigenvalue weighted by Gasteiger charge is 2.28. The Morgan fingerprint density at radius 1 is 1.47 bits per heavy atom. The summed E-state index contributed by atoms with van der Waals surface area (Å²) in [7, 11) is 1.35. The van der Waals surface area contributed by atoms with Gasteiger partial charge < -0.3 is 15.6 Å². The SMILES string of the molecule is COC(=O)C(C)(N)CCCSCCCO. The molecule has 15 heavy (non-hydrogen) atoms. The molecule has 0 aromatic carbocycles. The average Bonchev–Trinajstić information content (AvgIpc) is 2.22. The minimum atomic E-state index is -0.869. The summed E-state index contributed by atoms with van der Waals surface area (Å²) < 4.78 is 4.61. The van der Waals surface area contributed by atoms with E-state index < -0.39 is 5.54 Å². The number of thioether (sulfide) groups is 1. The molecule has 3 N–H and O–H groups in total. The van der Waals surface area contributed by atoms with Crippen LogP contribution in [-0.4, -0.2) is 41.8 Å². The van der Waals surface area contributed by atoms with Crippen LogP contribution in [0, 0.1) is 0 Å². The first kappa shape index (κ1) is 14.7. The van der Waals surface area contributed by atoms with Gasteiger partial charge in [0.15, 0.2) is 0 Å². The zero-order chi connectivity index (χ0) is 11.7. The summed E-state index contributed by atoms with van der Waals surface area (Å²) in [5, 5.41) is 8.56. The summed E-state index contributed by atoms with van der Waals surface area (Å²) in [5.41, 5.74) is 4.92. The highest BCUT2D eigenvalue weighted by atomic mass is 32.2. The van der Waals surface area contributed by atoms with E-state index in [4.69, 9.17) is 10.8 Å². The molecule has 0 rings (SSSR count). The standard InChI is InChI=1S/C10H21NO3S/c1-10(11,9(13)14-2)5-3-7-15-8-4-6-12/h12H,3-8,11H2,1-2H3. The summed E-state index contributed by atoms with van der Waals surface area (Å²) in [4.78, 5) is 11.2. The number of methoxy groups -OCH3 is 1. The molecular weight excluding hydrogens is 214 g/mol. The molecule has 0 aliphatic rings. The molecule has 0 saturated heterocycles. The minimum absolute atomic E-state index is 0.240. The molecule has 0 heterocycles. The summed E-state index contributed by atoms with van der Waals surface area (Å²) in [6, 6.07) is 0. The smallest absolute Gasteiger partial charge is 0.325 e. The van der Waals surface area contributed by atoms with E-state index in [1.54, 1.807) is 18.7 Å². The first-order chi connectivity index (χ1) is 7.04. The highest BCUT2D eigenvalue weighted by Crippen LogP contribution is 2.14. The molecule has 0 amide bonds. The van der Waals surface area contributed by atoms with Crippen LogP contribution in [0.1, 0.15) is 26.2 Å². The molecule has 0 bridgehead atoms.